The summed E-state index contributed by atoms with van der Waals surface area (Å²) in [6, 6.07) is -1.09. The van der Waals surface area contributed by atoms with E-state index in [1.54, 1.807) is 25.2 Å². The van der Waals surface area contributed by atoms with Crippen molar-refractivity contribution in [1.29, 1.82) is 0 Å². The number of rotatable bonds is 21. The molecule has 1 unspecified atom stereocenters. The van der Waals surface area contributed by atoms with E-state index in [0.29, 0.717) is 41.6 Å². The average molecular weight is 763 g/mol. The van der Waals surface area contributed by atoms with E-state index in [9.17, 15) is 29.4 Å². The van der Waals surface area contributed by atoms with Crippen LogP contribution in [0.3, 0.4) is 0 Å². The Hall–Kier alpha value is -4.55. The molecule has 18 heteroatoms. The number of carbonyl (C=O) groups is 4. The van der Waals surface area contributed by atoms with E-state index in [0.717, 1.165) is 42.5 Å². The van der Waals surface area contributed by atoms with Gasteiger partial charge in [0.2, 0.25) is 5.60 Å². The summed E-state index contributed by atoms with van der Waals surface area (Å²) in [5.74, 6) is -3.86. The first kappa shape index (κ1) is 43.6. The molecule has 0 saturated carbocycles. The first-order valence-electron chi connectivity index (χ1n) is 16.8. The Kier molecular flexibility index (Phi) is 17.7. The van der Waals surface area contributed by atoms with Crippen LogP contribution in [0.2, 0.25) is 0 Å². The number of nitrogens with two attached hydrogens (primary N) is 3. The minimum absolute atomic E-state index is 0.0604. The maximum atomic E-state index is 13.5. The van der Waals surface area contributed by atoms with Gasteiger partial charge in [0.15, 0.2) is 24.7 Å². The van der Waals surface area contributed by atoms with E-state index in [4.69, 9.17) is 22.0 Å². The van der Waals surface area contributed by atoms with Gasteiger partial charge in [-0.05, 0) is 58.3 Å². The van der Waals surface area contributed by atoms with Gasteiger partial charge < -0.3 is 42.9 Å². The molecule has 1 fully saturated rings. The van der Waals surface area contributed by atoms with Crippen molar-refractivity contribution in [2.75, 3.05) is 25.4 Å². The summed E-state index contributed by atoms with van der Waals surface area (Å²) in [5, 5.41) is 28.9. The van der Waals surface area contributed by atoms with Crippen molar-refractivity contribution in [3.05, 3.63) is 58.2 Å². The van der Waals surface area contributed by atoms with Crippen LogP contribution in [0.15, 0.2) is 67.8 Å². The van der Waals surface area contributed by atoms with E-state index in [1.807, 2.05) is 30.0 Å². The number of hydrogen-bond donors (Lipinski definition) is 7. The molecule has 286 valence electrons. The summed E-state index contributed by atoms with van der Waals surface area (Å²) in [4.78, 5) is 57.4. The Balaban J connectivity index is 2.35. The molecule has 0 aromatic rings. The number of thioether (sulfide) groups is 1. The van der Waals surface area contributed by atoms with E-state index in [2.05, 4.69) is 27.1 Å². The molecule has 0 spiro atoms. The van der Waals surface area contributed by atoms with Gasteiger partial charge in [0, 0.05) is 36.5 Å². The molecule has 0 radical (unpaired) electrons. The lowest BCUT2D eigenvalue weighted by molar-refractivity contribution is -0.440. The maximum Gasteiger partial charge on any atom is 0.352 e. The van der Waals surface area contributed by atoms with Crippen molar-refractivity contribution in [3.63, 3.8) is 0 Å². The summed E-state index contributed by atoms with van der Waals surface area (Å²) < 4.78 is 6.14. The number of nitrogens with one attached hydrogen (secondary N) is 2. The predicted octanol–water partition coefficient (Wildman–Crippen LogP) is 2.36. The van der Waals surface area contributed by atoms with Gasteiger partial charge in [-0.2, -0.15) is 4.58 Å². The van der Waals surface area contributed by atoms with Crippen LogP contribution in [0.25, 0.3) is 0 Å². The number of carbonyl (C=O) groups excluding carboxylic acids is 2. The number of oxime groups is 1. The number of fused-ring (bicyclic) bond motifs is 1. The van der Waals surface area contributed by atoms with Gasteiger partial charge in [-0.3, -0.25) is 14.5 Å². The van der Waals surface area contributed by atoms with Crippen LogP contribution in [0.1, 0.15) is 67.2 Å². The third-order valence-electron chi connectivity index (χ3n) is 7.41. The Bertz CT molecular complexity index is 1590. The number of unbranched alkanes of at least 4 members (excludes halogenated alkanes) is 2. The van der Waals surface area contributed by atoms with Crippen molar-refractivity contribution in [1.82, 2.24) is 15.5 Å². The van der Waals surface area contributed by atoms with Crippen molar-refractivity contribution < 1.29 is 38.8 Å². The van der Waals surface area contributed by atoms with Crippen LogP contribution in [-0.4, -0.2) is 103 Å². The topological polar surface area (TPSA) is 251 Å². The average Bonchev–Trinajstić information content (AvgIpc) is 3.09. The highest BCUT2D eigenvalue weighted by Gasteiger charge is 2.54. The van der Waals surface area contributed by atoms with Crippen molar-refractivity contribution in [2.45, 2.75) is 84.2 Å². The second-order valence-electron chi connectivity index (χ2n) is 12.3. The second kappa shape index (κ2) is 21.1. The molecular weight excluding hydrogens is 711 g/mol. The van der Waals surface area contributed by atoms with E-state index in [-0.39, 0.29) is 22.9 Å². The van der Waals surface area contributed by atoms with Crippen LogP contribution >= 0.6 is 23.7 Å². The molecule has 0 bridgehead atoms. The molecule has 16 nitrogen and oxygen atoms in total. The Morgan fingerprint density at radius 1 is 1.15 bits per heavy atom. The van der Waals surface area contributed by atoms with E-state index in [1.165, 1.54) is 32.5 Å². The number of amides is 2. The maximum absolute atomic E-state index is 13.5. The fraction of sp³-hybridized carbons (Fsp3) is 0.500. The number of carboxylic acid groups (broad SMARTS) is 2. The molecule has 1 saturated heterocycles. The summed E-state index contributed by atoms with van der Waals surface area (Å²) in [6.45, 7) is 11.1. The fourth-order valence-corrected chi connectivity index (χ4v) is 6.29. The lowest BCUT2D eigenvalue weighted by Gasteiger charge is -2.49. The SMILES string of the molecule is CCC/C=C/[N+](=C\C(NCCN)=C(/C)N)C/C=C/C1=C(C(=O)O)N2C(=O)[C@@H](NC(=O)C(=N\OC(C)(C)C(=O)O)/C(C)=N/S/C(N)=C/CCC)C2SC1. The summed E-state index contributed by atoms with van der Waals surface area (Å²) >= 11 is 2.19. The second-order valence-corrected chi connectivity index (χ2v) is 14.2. The van der Waals surface area contributed by atoms with Gasteiger partial charge in [0.1, 0.15) is 22.8 Å². The lowest BCUT2D eigenvalue weighted by Crippen LogP contribution is -2.71. The van der Waals surface area contributed by atoms with Crippen molar-refractivity contribution >= 4 is 65.1 Å². The largest absolute Gasteiger partial charge is 0.478 e. The van der Waals surface area contributed by atoms with Crippen molar-refractivity contribution in [3.8, 4) is 0 Å². The van der Waals surface area contributed by atoms with E-state index < -0.39 is 40.8 Å². The van der Waals surface area contributed by atoms with Crippen LogP contribution in [-0.2, 0) is 24.0 Å². The zero-order valence-electron chi connectivity index (χ0n) is 30.5. The number of hydrogen-bond acceptors (Lipinski definition) is 13. The molecule has 0 aliphatic carbocycles. The molecule has 52 heavy (non-hydrogen) atoms. The predicted molar refractivity (Wildman–Crippen MR) is 206 cm³/mol. The monoisotopic (exact) mass is 762 g/mol. The van der Waals surface area contributed by atoms with Crippen molar-refractivity contribution in [2.24, 2.45) is 26.8 Å². The first-order valence-corrected chi connectivity index (χ1v) is 18.6. The molecule has 2 heterocycles. The molecule has 0 aromatic heterocycles. The number of β-lactam (4-membered cyclic amide) rings is 1. The Morgan fingerprint density at radius 2 is 1.85 bits per heavy atom. The molecule has 0 aromatic carbocycles. The van der Waals surface area contributed by atoms with Gasteiger partial charge in [0.25, 0.3) is 11.8 Å². The standard InChI is InChI=1S/C34H51N9O7S2/c1-7-9-11-17-42(19-24(21(3)36)38-16-15-35)18-12-13-23-20-51-31-27(30(45)43(31)28(23)32(46)47)39-29(44)26(40-50-34(5,6)33(48)49)22(4)41-52-25(37)14-10-8-2/h11-14,17,19,27,31,36,38H,7-10,15-16,18,20,35,37H2,1-6H3,(H3,39,44,46,47,48,49)/p+1/b13-12+,17-11+,25-14+,40-26-,41-22+/t27-,31?/m1/s1. The molecule has 2 amide bonds. The summed E-state index contributed by atoms with van der Waals surface area (Å²) in [5.41, 5.74) is 17.1. The van der Waals surface area contributed by atoms with Crippen LogP contribution in [0.4, 0.5) is 0 Å². The zero-order valence-corrected chi connectivity index (χ0v) is 32.2. The smallest absolute Gasteiger partial charge is 0.352 e. The molecule has 2 aliphatic heterocycles. The zero-order chi connectivity index (χ0) is 39.0. The third-order valence-corrected chi connectivity index (χ3v) is 9.46. The number of nitrogens with zero attached hydrogens (tertiary/aromatic N) is 4. The number of aliphatic carboxylic acids is 2. The van der Waals surface area contributed by atoms with E-state index >= 15 is 0 Å². The molecule has 2 aliphatic rings. The minimum atomic E-state index is -1.78. The Labute approximate surface area is 313 Å². The Morgan fingerprint density at radius 3 is 2.44 bits per heavy atom. The van der Waals surface area contributed by atoms with Crippen LogP contribution < -0.4 is 27.8 Å². The van der Waals surface area contributed by atoms with Crippen LogP contribution in [0, 0.1) is 0 Å². The van der Waals surface area contributed by atoms with Gasteiger partial charge in [-0.15, -0.1) is 11.8 Å². The van der Waals surface area contributed by atoms with Gasteiger partial charge in [0.05, 0.1) is 10.7 Å². The highest BCUT2D eigenvalue weighted by atomic mass is 32.2. The minimum Gasteiger partial charge on any atom is -0.478 e. The number of carboxylic acids is 2. The van der Waals surface area contributed by atoms with Gasteiger partial charge >= 0.3 is 11.9 Å². The first-order chi connectivity index (χ1) is 24.6. The van der Waals surface area contributed by atoms with Gasteiger partial charge in [-0.1, -0.05) is 44.0 Å². The fourth-order valence-electron chi connectivity index (χ4n) is 4.45. The molecule has 2 atom stereocenters. The molecule has 2 rings (SSSR count). The number of allylic oxidation sites excluding steroid dienone is 5. The highest BCUT2D eigenvalue weighted by Crippen LogP contribution is 2.40. The normalized spacial score (nSPS) is 19.4. The summed E-state index contributed by atoms with van der Waals surface area (Å²) in [6.07, 6.45) is 14.5. The molecule has 10 N–H and O–H groups in total. The molecular formula is C34H52N9O7S2+. The van der Waals surface area contributed by atoms with Gasteiger partial charge in [-0.25, -0.2) is 14.0 Å². The quantitative estimate of drug-likeness (QED) is 0.0292. The third kappa shape index (κ3) is 12.6. The lowest BCUT2D eigenvalue weighted by atomic mass is 10.0. The van der Waals surface area contributed by atoms with Crippen LogP contribution in [0.5, 0.6) is 0 Å². The summed E-state index contributed by atoms with van der Waals surface area (Å²) in [7, 11) is 0. The highest BCUT2D eigenvalue weighted by molar-refractivity contribution is 8.02.